The number of nitrogens with zero attached hydrogens (tertiary/aromatic N) is 4. The Kier molecular flexibility index (Phi) is 6.21. The highest BCUT2D eigenvalue weighted by molar-refractivity contribution is 5.74. The Morgan fingerprint density at radius 1 is 1.15 bits per heavy atom. The van der Waals surface area contributed by atoms with Gasteiger partial charge in [-0.3, -0.25) is 4.79 Å². The molecule has 34 heavy (non-hydrogen) atoms. The second kappa shape index (κ2) is 8.59. The molecule has 7 nitrogen and oxygen atoms in total. The number of hydrogen-bond donors (Lipinski definition) is 1. The molecule has 2 aromatic rings. The SMILES string of the molecule is CC(=O)Cn1nnc(C2CC3(C)NC2CCC3OCc2cc(C(F)(F)F)cc(C(F)(F)F)c2)n1. The number of hydrogen-bond acceptors (Lipinski definition) is 6. The summed E-state index contributed by atoms with van der Waals surface area (Å²) in [6, 6.07) is 1.49. The van der Waals surface area contributed by atoms with Crippen LogP contribution in [0.2, 0.25) is 0 Å². The molecular weight excluding hydrogens is 468 g/mol. The molecule has 2 saturated heterocycles. The van der Waals surface area contributed by atoms with Crippen molar-refractivity contribution < 1.29 is 35.9 Å². The quantitative estimate of drug-likeness (QED) is 0.618. The van der Waals surface area contributed by atoms with Gasteiger partial charge < -0.3 is 10.1 Å². The van der Waals surface area contributed by atoms with Crippen LogP contribution in [0.15, 0.2) is 18.2 Å². The van der Waals surface area contributed by atoms with Gasteiger partial charge in [-0.1, -0.05) is 0 Å². The van der Waals surface area contributed by atoms with Crippen LogP contribution in [0.5, 0.6) is 0 Å². The van der Waals surface area contributed by atoms with Gasteiger partial charge in [0.1, 0.15) is 6.54 Å². The molecule has 13 heteroatoms. The van der Waals surface area contributed by atoms with Gasteiger partial charge in [-0.2, -0.15) is 31.1 Å². The van der Waals surface area contributed by atoms with Gasteiger partial charge in [0, 0.05) is 17.5 Å². The van der Waals surface area contributed by atoms with Gasteiger partial charge in [-0.15, -0.1) is 10.2 Å². The first-order valence-corrected chi connectivity index (χ1v) is 10.7. The molecule has 0 aliphatic carbocycles. The molecule has 2 aliphatic rings. The number of alkyl halides is 6. The van der Waals surface area contributed by atoms with Crippen molar-refractivity contribution in [1.29, 1.82) is 0 Å². The highest BCUT2D eigenvalue weighted by Gasteiger charge is 2.52. The van der Waals surface area contributed by atoms with Crippen LogP contribution in [0.1, 0.15) is 61.5 Å². The number of rotatable bonds is 6. The van der Waals surface area contributed by atoms with E-state index < -0.39 is 41.7 Å². The van der Waals surface area contributed by atoms with Crippen molar-refractivity contribution in [2.24, 2.45) is 0 Å². The van der Waals surface area contributed by atoms with Crippen molar-refractivity contribution in [1.82, 2.24) is 25.5 Å². The molecule has 3 heterocycles. The molecule has 0 amide bonds. The van der Waals surface area contributed by atoms with E-state index in [1.165, 1.54) is 11.7 Å². The summed E-state index contributed by atoms with van der Waals surface area (Å²) in [5.74, 6) is 0.261. The molecule has 0 radical (unpaired) electrons. The fourth-order valence-electron chi connectivity index (χ4n) is 4.84. The Balaban J connectivity index is 1.48. The van der Waals surface area contributed by atoms with E-state index in [-0.39, 0.29) is 35.9 Å². The first-order chi connectivity index (χ1) is 15.7. The number of ketones is 1. The smallest absolute Gasteiger partial charge is 0.372 e. The number of carbonyl (C=O) groups excluding carboxylic acids is 1. The van der Waals surface area contributed by atoms with Crippen LogP contribution >= 0.6 is 0 Å². The molecule has 1 aromatic heterocycles. The Labute approximate surface area is 190 Å². The summed E-state index contributed by atoms with van der Waals surface area (Å²) in [6.07, 6.45) is -8.49. The van der Waals surface area contributed by atoms with Crippen LogP contribution in [0.3, 0.4) is 0 Å². The maximum Gasteiger partial charge on any atom is 0.416 e. The summed E-state index contributed by atoms with van der Waals surface area (Å²) in [5.41, 5.74) is -3.51. The van der Waals surface area contributed by atoms with Gasteiger partial charge in [0.05, 0.1) is 23.8 Å². The Morgan fingerprint density at radius 2 is 1.79 bits per heavy atom. The van der Waals surface area contributed by atoms with E-state index in [4.69, 9.17) is 4.74 Å². The Morgan fingerprint density at radius 3 is 2.38 bits per heavy atom. The van der Waals surface area contributed by atoms with Gasteiger partial charge in [-0.05, 0) is 62.1 Å². The maximum atomic E-state index is 13.1. The molecular formula is C21H23F6N5O2. The molecule has 4 atom stereocenters. The fourth-order valence-corrected chi connectivity index (χ4v) is 4.84. The lowest BCUT2D eigenvalue weighted by Crippen LogP contribution is -2.54. The van der Waals surface area contributed by atoms with Gasteiger partial charge in [0.15, 0.2) is 11.6 Å². The predicted octanol–water partition coefficient (Wildman–Crippen LogP) is 3.88. The standard InChI is InChI=1S/C21H23F6N5O2/c1-11(33)9-32-30-18(29-31-32)15-8-19(2)17(4-3-16(15)28-19)34-10-12-5-13(20(22,23)24)7-14(6-12)21(25,26)27/h5-7,15-17,28H,3-4,8-10H2,1-2H3. The number of benzene rings is 1. The van der Waals surface area contributed by atoms with Crippen molar-refractivity contribution in [3.63, 3.8) is 0 Å². The topological polar surface area (TPSA) is 81.9 Å². The van der Waals surface area contributed by atoms with Crippen LogP contribution in [0, 0.1) is 0 Å². The van der Waals surface area contributed by atoms with Crippen LogP contribution in [-0.4, -0.2) is 43.7 Å². The molecule has 0 spiro atoms. The highest BCUT2D eigenvalue weighted by Crippen LogP contribution is 2.45. The normalized spacial score (nSPS) is 27.2. The van der Waals surface area contributed by atoms with Crippen LogP contribution in [-0.2, 0) is 35.0 Å². The number of tetrazole rings is 1. The molecule has 2 aliphatic heterocycles. The summed E-state index contributed by atoms with van der Waals surface area (Å²) in [5, 5.41) is 15.7. The molecule has 0 saturated carbocycles. The number of nitrogens with one attached hydrogen (secondary N) is 1. The van der Waals surface area contributed by atoms with Gasteiger partial charge in [0.2, 0.25) is 0 Å². The third kappa shape index (κ3) is 5.09. The van der Waals surface area contributed by atoms with E-state index in [1.807, 2.05) is 6.92 Å². The third-order valence-corrected chi connectivity index (χ3v) is 6.36. The monoisotopic (exact) mass is 491 g/mol. The largest absolute Gasteiger partial charge is 0.416 e. The number of carbonyl (C=O) groups is 1. The number of aromatic nitrogens is 4. The van der Waals surface area contributed by atoms with E-state index >= 15 is 0 Å². The minimum absolute atomic E-state index is 0.0116. The summed E-state index contributed by atoms with van der Waals surface area (Å²) in [7, 11) is 0. The molecule has 186 valence electrons. The van der Waals surface area contributed by atoms with Gasteiger partial charge >= 0.3 is 12.4 Å². The number of fused-ring (bicyclic) bond motifs is 2. The van der Waals surface area contributed by atoms with Crippen molar-refractivity contribution in [2.75, 3.05) is 0 Å². The van der Waals surface area contributed by atoms with E-state index in [2.05, 4.69) is 20.7 Å². The van der Waals surface area contributed by atoms with Crippen LogP contribution in [0.4, 0.5) is 26.3 Å². The van der Waals surface area contributed by atoms with Crippen molar-refractivity contribution in [2.45, 2.75) is 82.2 Å². The summed E-state index contributed by atoms with van der Waals surface area (Å²) >= 11 is 0. The first kappa shape index (κ1) is 24.6. The minimum Gasteiger partial charge on any atom is -0.372 e. The zero-order chi connectivity index (χ0) is 24.9. The zero-order valence-electron chi connectivity index (χ0n) is 18.4. The lowest BCUT2D eigenvalue weighted by Gasteiger charge is -2.39. The second-order valence-corrected chi connectivity index (χ2v) is 9.15. The summed E-state index contributed by atoms with van der Waals surface area (Å²) in [4.78, 5) is 12.5. The van der Waals surface area contributed by atoms with Crippen LogP contribution in [0.25, 0.3) is 0 Å². The second-order valence-electron chi connectivity index (χ2n) is 9.15. The van der Waals surface area contributed by atoms with E-state index in [0.29, 0.717) is 37.2 Å². The van der Waals surface area contributed by atoms with Gasteiger partial charge in [-0.25, -0.2) is 0 Å². The number of piperidine rings is 1. The average molecular weight is 491 g/mol. The lowest BCUT2D eigenvalue weighted by atomic mass is 9.88. The Hall–Kier alpha value is -2.54. The predicted molar refractivity (Wildman–Crippen MR) is 105 cm³/mol. The lowest BCUT2D eigenvalue weighted by molar-refractivity contribution is -0.143. The van der Waals surface area contributed by atoms with Crippen molar-refractivity contribution >= 4 is 5.78 Å². The molecule has 4 rings (SSSR count). The summed E-state index contributed by atoms with van der Waals surface area (Å²) < 4.78 is 84.7. The minimum atomic E-state index is -4.91. The number of Topliss-reactive ketones (excluding diaryl/α,β-unsaturated/α-hetero) is 1. The number of ether oxygens (including phenoxy) is 1. The summed E-state index contributed by atoms with van der Waals surface area (Å²) in [6.45, 7) is 2.93. The van der Waals surface area contributed by atoms with Crippen molar-refractivity contribution in [3.05, 3.63) is 40.7 Å². The molecule has 1 N–H and O–H groups in total. The third-order valence-electron chi connectivity index (χ3n) is 6.36. The maximum absolute atomic E-state index is 13.1. The Bertz CT molecular complexity index is 1040. The molecule has 4 unspecified atom stereocenters. The fraction of sp³-hybridized carbons (Fsp3) is 0.619. The molecule has 2 bridgehead atoms. The van der Waals surface area contributed by atoms with Crippen molar-refractivity contribution in [3.8, 4) is 0 Å². The zero-order valence-corrected chi connectivity index (χ0v) is 18.4. The first-order valence-electron chi connectivity index (χ1n) is 10.7. The van der Waals surface area contributed by atoms with E-state index in [9.17, 15) is 31.1 Å². The number of halogens is 6. The molecule has 2 fully saturated rings. The molecule has 1 aromatic carbocycles. The van der Waals surface area contributed by atoms with Crippen LogP contribution < -0.4 is 5.32 Å². The average Bonchev–Trinajstić information content (AvgIpc) is 3.27. The van der Waals surface area contributed by atoms with E-state index in [0.717, 1.165) is 0 Å². The van der Waals surface area contributed by atoms with Gasteiger partial charge in [0.25, 0.3) is 0 Å². The van der Waals surface area contributed by atoms with E-state index in [1.54, 1.807) is 0 Å². The highest BCUT2D eigenvalue weighted by atomic mass is 19.4.